The van der Waals surface area contributed by atoms with E-state index < -0.39 is 11.5 Å². The Balaban J connectivity index is 1.94. The van der Waals surface area contributed by atoms with E-state index in [0.29, 0.717) is 25.8 Å². The number of carbonyl (C=O) groups excluding carboxylic acids is 1. The molecule has 2 atom stereocenters. The molecule has 5 heteroatoms. The van der Waals surface area contributed by atoms with Gasteiger partial charge in [0.1, 0.15) is 5.54 Å². The molecule has 0 bridgehead atoms. The zero-order valence-corrected chi connectivity index (χ0v) is 13.0. The Bertz CT molecular complexity index is 378. The quantitative estimate of drug-likeness (QED) is 0.818. The Kier molecular flexibility index (Phi) is 5.62. The number of nitrogens with zero attached hydrogens (tertiary/aromatic N) is 1. The third kappa shape index (κ3) is 3.57. The Morgan fingerprint density at radius 1 is 1.33 bits per heavy atom. The molecule has 120 valence electrons. The number of hydrogen-bond donors (Lipinski definition) is 1. The minimum atomic E-state index is -0.959. The van der Waals surface area contributed by atoms with Crippen LogP contribution in [0.2, 0.25) is 0 Å². The molecule has 2 heterocycles. The first-order valence-corrected chi connectivity index (χ1v) is 8.25. The summed E-state index contributed by atoms with van der Waals surface area (Å²) in [7, 11) is 0. The predicted octanol–water partition coefficient (Wildman–Crippen LogP) is 2.58. The number of aliphatic carboxylic acids is 1. The minimum Gasteiger partial charge on any atom is -0.479 e. The maximum absolute atomic E-state index is 12.5. The second-order valence-electron chi connectivity index (χ2n) is 6.26. The van der Waals surface area contributed by atoms with Gasteiger partial charge in [0.15, 0.2) is 0 Å². The number of carboxylic acids is 1. The lowest BCUT2D eigenvalue weighted by Gasteiger charge is -2.35. The van der Waals surface area contributed by atoms with Crippen molar-refractivity contribution in [2.24, 2.45) is 0 Å². The van der Waals surface area contributed by atoms with E-state index in [9.17, 15) is 14.7 Å². The number of ether oxygens (including phenoxy) is 1. The zero-order valence-electron chi connectivity index (χ0n) is 13.0. The summed E-state index contributed by atoms with van der Waals surface area (Å²) in [5, 5.41) is 9.61. The molecule has 2 fully saturated rings. The van der Waals surface area contributed by atoms with Crippen molar-refractivity contribution in [3.05, 3.63) is 0 Å². The fourth-order valence-electron chi connectivity index (χ4n) is 3.70. The number of hydrogen-bond acceptors (Lipinski definition) is 3. The van der Waals surface area contributed by atoms with E-state index in [2.05, 4.69) is 0 Å². The predicted molar refractivity (Wildman–Crippen MR) is 79.0 cm³/mol. The van der Waals surface area contributed by atoms with Gasteiger partial charge in [0.25, 0.3) is 0 Å². The number of amides is 1. The second kappa shape index (κ2) is 7.25. The molecule has 0 radical (unpaired) electrons. The largest absolute Gasteiger partial charge is 0.479 e. The van der Waals surface area contributed by atoms with Crippen molar-refractivity contribution >= 4 is 11.9 Å². The van der Waals surface area contributed by atoms with Crippen LogP contribution in [0.4, 0.5) is 0 Å². The van der Waals surface area contributed by atoms with Gasteiger partial charge in [-0.15, -0.1) is 0 Å². The molecule has 21 heavy (non-hydrogen) atoms. The van der Waals surface area contributed by atoms with Gasteiger partial charge in [-0.3, -0.25) is 4.79 Å². The van der Waals surface area contributed by atoms with Crippen LogP contribution in [0.5, 0.6) is 0 Å². The lowest BCUT2D eigenvalue weighted by atomic mass is 9.90. The normalized spacial score (nSPS) is 29.6. The van der Waals surface area contributed by atoms with Crippen LogP contribution in [-0.2, 0) is 14.3 Å². The fraction of sp³-hybridized carbons (Fsp3) is 0.875. The van der Waals surface area contributed by atoms with Gasteiger partial charge in [0.2, 0.25) is 5.91 Å². The Morgan fingerprint density at radius 3 is 2.76 bits per heavy atom. The Morgan fingerprint density at radius 2 is 2.14 bits per heavy atom. The number of rotatable bonds is 6. The van der Waals surface area contributed by atoms with Crippen molar-refractivity contribution in [3.63, 3.8) is 0 Å². The molecule has 0 aromatic heterocycles. The van der Waals surface area contributed by atoms with Crippen LogP contribution < -0.4 is 0 Å². The van der Waals surface area contributed by atoms with E-state index in [-0.39, 0.29) is 12.0 Å². The fourth-order valence-corrected chi connectivity index (χ4v) is 3.70. The first-order chi connectivity index (χ1) is 10.1. The van der Waals surface area contributed by atoms with Gasteiger partial charge in [-0.25, -0.2) is 4.79 Å². The standard InChI is InChI=1S/C16H27NO4/c1-2-9-16(15(19)20)10-5-11-17(16)14(18)8-7-13-6-3-4-12-21-13/h13H,2-12H2,1H3,(H,19,20). The van der Waals surface area contributed by atoms with Crippen LogP contribution in [0.15, 0.2) is 0 Å². The van der Waals surface area contributed by atoms with Crippen molar-refractivity contribution in [1.82, 2.24) is 4.90 Å². The smallest absolute Gasteiger partial charge is 0.329 e. The monoisotopic (exact) mass is 297 g/mol. The van der Waals surface area contributed by atoms with Crippen molar-refractivity contribution < 1.29 is 19.4 Å². The highest BCUT2D eigenvalue weighted by Crippen LogP contribution is 2.35. The number of carbonyl (C=O) groups is 2. The van der Waals surface area contributed by atoms with Gasteiger partial charge < -0.3 is 14.7 Å². The number of carboxylic acid groups (broad SMARTS) is 1. The van der Waals surface area contributed by atoms with Crippen molar-refractivity contribution in [3.8, 4) is 0 Å². The van der Waals surface area contributed by atoms with Gasteiger partial charge in [-0.1, -0.05) is 13.3 Å². The molecule has 1 amide bonds. The maximum atomic E-state index is 12.5. The van der Waals surface area contributed by atoms with E-state index in [1.807, 2.05) is 6.92 Å². The Labute approximate surface area is 126 Å². The highest BCUT2D eigenvalue weighted by Gasteiger charge is 2.48. The van der Waals surface area contributed by atoms with E-state index in [1.54, 1.807) is 4.90 Å². The van der Waals surface area contributed by atoms with Crippen LogP contribution in [0.3, 0.4) is 0 Å². The minimum absolute atomic E-state index is 0.0162. The van der Waals surface area contributed by atoms with Crippen molar-refractivity contribution in [2.45, 2.75) is 76.4 Å². The van der Waals surface area contributed by atoms with Crippen LogP contribution in [0, 0.1) is 0 Å². The van der Waals surface area contributed by atoms with E-state index in [1.165, 1.54) is 0 Å². The summed E-state index contributed by atoms with van der Waals surface area (Å²) in [6.07, 6.45) is 7.30. The van der Waals surface area contributed by atoms with Gasteiger partial charge >= 0.3 is 5.97 Å². The third-order valence-electron chi connectivity index (χ3n) is 4.81. The maximum Gasteiger partial charge on any atom is 0.329 e. The van der Waals surface area contributed by atoms with Crippen molar-refractivity contribution in [1.29, 1.82) is 0 Å². The summed E-state index contributed by atoms with van der Waals surface area (Å²) in [6, 6.07) is 0. The van der Waals surface area contributed by atoms with E-state index in [0.717, 1.165) is 45.1 Å². The topological polar surface area (TPSA) is 66.8 Å². The number of likely N-dealkylation sites (tertiary alicyclic amines) is 1. The first-order valence-electron chi connectivity index (χ1n) is 8.25. The summed E-state index contributed by atoms with van der Waals surface area (Å²) in [5.41, 5.74) is -0.959. The van der Waals surface area contributed by atoms with E-state index >= 15 is 0 Å². The average molecular weight is 297 g/mol. The van der Waals surface area contributed by atoms with Crippen LogP contribution >= 0.6 is 0 Å². The summed E-state index contributed by atoms with van der Waals surface area (Å²) in [6.45, 7) is 3.34. The lowest BCUT2D eigenvalue weighted by Crippen LogP contribution is -2.53. The molecule has 0 spiro atoms. The molecule has 2 aliphatic heterocycles. The average Bonchev–Trinajstić information content (AvgIpc) is 2.91. The summed E-state index contributed by atoms with van der Waals surface area (Å²) in [5.74, 6) is -0.860. The molecule has 0 aliphatic carbocycles. The summed E-state index contributed by atoms with van der Waals surface area (Å²) >= 11 is 0. The highest BCUT2D eigenvalue weighted by molar-refractivity contribution is 5.87. The molecule has 2 unspecified atom stereocenters. The third-order valence-corrected chi connectivity index (χ3v) is 4.81. The van der Waals surface area contributed by atoms with Crippen LogP contribution in [0.25, 0.3) is 0 Å². The van der Waals surface area contributed by atoms with Crippen molar-refractivity contribution in [2.75, 3.05) is 13.2 Å². The van der Waals surface area contributed by atoms with E-state index in [4.69, 9.17) is 4.74 Å². The molecule has 2 saturated heterocycles. The molecule has 0 aromatic carbocycles. The summed E-state index contributed by atoms with van der Waals surface area (Å²) in [4.78, 5) is 25.8. The molecule has 2 rings (SSSR count). The van der Waals surface area contributed by atoms with Crippen LogP contribution in [-0.4, -0.2) is 46.7 Å². The molecule has 0 aromatic rings. The molecular weight excluding hydrogens is 270 g/mol. The van der Waals surface area contributed by atoms with Gasteiger partial charge in [0, 0.05) is 19.6 Å². The molecule has 0 saturated carbocycles. The van der Waals surface area contributed by atoms with Gasteiger partial charge in [0.05, 0.1) is 6.10 Å². The lowest BCUT2D eigenvalue weighted by molar-refractivity contribution is -0.157. The molecule has 5 nitrogen and oxygen atoms in total. The second-order valence-corrected chi connectivity index (χ2v) is 6.26. The Hall–Kier alpha value is -1.10. The zero-order chi connectivity index (χ0) is 15.3. The van der Waals surface area contributed by atoms with Crippen LogP contribution in [0.1, 0.15) is 64.7 Å². The molecule has 1 N–H and O–H groups in total. The molecule has 2 aliphatic rings. The highest BCUT2D eigenvalue weighted by atomic mass is 16.5. The first kappa shape index (κ1) is 16.3. The van der Waals surface area contributed by atoms with Gasteiger partial charge in [-0.2, -0.15) is 0 Å². The van der Waals surface area contributed by atoms with Gasteiger partial charge in [-0.05, 0) is 44.9 Å². The molecular formula is C16H27NO4. The summed E-state index contributed by atoms with van der Waals surface area (Å²) < 4.78 is 5.65. The SMILES string of the molecule is CCCC1(C(=O)O)CCCN1C(=O)CCC1CCCCO1.